The molecule has 2 nitrogen and oxygen atoms in total. The van der Waals surface area contributed by atoms with Crippen LogP contribution in [0.25, 0.3) is 0 Å². The SMILES string of the molecule is C[C@H](CO)N[C@@H]1C[C@H]2C[C@H]1[C@H]1CCC[C@H]21. The lowest BCUT2D eigenvalue weighted by Gasteiger charge is -2.33. The van der Waals surface area contributed by atoms with Crippen LogP contribution in [0.4, 0.5) is 0 Å². The number of rotatable bonds is 3. The second-order valence-corrected chi connectivity index (χ2v) is 6.01. The Kier molecular flexibility index (Phi) is 2.52. The predicted molar refractivity (Wildman–Crippen MR) is 60.5 cm³/mol. The van der Waals surface area contributed by atoms with E-state index in [1.807, 2.05) is 0 Å². The fourth-order valence-corrected chi connectivity index (χ4v) is 4.68. The van der Waals surface area contributed by atoms with Gasteiger partial charge in [-0.3, -0.25) is 0 Å². The summed E-state index contributed by atoms with van der Waals surface area (Å²) in [6.07, 6.45) is 7.33. The molecule has 6 atom stereocenters. The molecule has 0 spiro atoms. The highest BCUT2D eigenvalue weighted by molar-refractivity contribution is 5.05. The summed E-state index contributed by atoms with van der Waals surface area (Å²) >= 11 is 0. The van der Waals surface area contributed by atoms with Crippen molar-refractivity contribution < 1.29 is 5.11 Å². The normalized spacial score (nSPS) is 49.6. The first-order valence-corrected chi connectivity index (χ1v) is 6.66. The Morgan fingerprint density at radius 2 is 2.00 bits per heavy atom. The van der Waals surface area contributed by atoms with Crippen LogP contribution < -0.4 is 5.32 Å². The molecule has 3 aliphatic rings. The first-order valence-electron chi connectivity index (χ1n) is 6.66. The van der Waals surface area contributed by atoms with Crippen molar-refractivity contribution in [2.24, 2.45) is 23.7 Å². The van der Waals surface area contributed by atoms with Crippen molar-refractivity contribution in [2.45, 2.75) is 51.1 Å². The third-order valence-corrected chi connectivity index (χ3v) is 5.20. The van der Waals surface area contributed by atoms with E-state index in [-0.39, 0.29) is 12.6 Å². The molecular weight excluding hydrogens is 186 g/mol. The average Bonchev–Trinajstić information content (AvgIpc) is 2.87. The van der Waals surface area contributed by atoms with E-state index in [1.165, 1.54) is 32.1 Å². The van der Waals surface area contributed by atoms with Crippen LogP contribution in [-0.4, -0.2) is 23.8 Å². The topological polar surface area (TPSA) is 32.3 Å². The monoisotopic (exact) mass is 209 g/mol. The summed E-state index contributed by atoms with van der Waals surface area (Å²) in [5.41, 5.74) is 0. The molecule has 0 unspecified atom stereocenters. The van der Waals surface area contributed by atoms with Gasteiger partial charge in [0.1, 0.15) is 0 Å². The molecule has 3 fully saturated rings. The Balaban J connectivity index is 1.65. The zero-order valence-corrected chi connectivity index (χ0v) is 9.65. The molecule has 0 aliphatic heterocycles. The lowest BCUT2D eigenvalue weighted by Crippen LogP contribution is -2.44. The van der Waals surface area contributed by atoms with Crippen molar-refractivity contribution in [1.82, 2.24) is 5.32 Å². The molecule has 0 aromatic heterocycles. The van der Waals surface area contributed by atoms with Gasteiger partial charge in [-0.1, -0.05) is 6.42 Å². The highest BCUT2D eigenvalue weighted by atomic mass is 16.3. The van der Waals surface area contributed by atoms with Gasteiger partial charge in [-0.2, -0.15) is 0 Å². The summed E-state index contributed by atoms with van der Waals surface area (Å²) in [7, 11) is 0. The third-order valence-electron chi connectivity index (χ3n) is 5.20. The number of fused-ring (bicyclic) bond motifs is 5. The molecule has 2 heteroatoms. The van der Waals surface area contributed by atoms with Gasteiger partial charge in [-0.25, -0.2) is 0 Å². The Labute approximate surface area is 92.4 Å². The molecule has 2 bridgehead atoms. The van der Waals surface area contributed by atoms with Gasteiger partial charge in [0.15, 0.2) is 0 Å². The van der Waals surface area contributed by atoms with E-state index in [4.69, 9.17) is 5.11 Å². The highest BCUT2D eigenvalue weighted by Crippen LogP contribution is 2.58. The average molecular weight is 209 g/mol. The van der Waals surface area contributed by atoms with Gasteiger partial charge in [-0.15, -0.1) is 0 Å². The van der Waals surface area contributed by atoms with Crippen molar-refractivity contribution in [3.63, 3.8) is 0 Å². The maximum Gasteiger partial charge on any atom is 0.0582 e. The summed E-state index contributed by atoms with van der Waals surface area (Å²) in [6, 6.07) is 1.01. The van der Waals surface area contributed by atoms with Crippen molar-refractivity contribution in [2.75, 3.05) is 6.61 Å². The van der Waals surface area contributed by atoms with Crippen LogP contribution in [0.15, 0.2) is 0 Å². The molecule has 0 aromatic carbocycles. The van der Waals surface area contributed by atoms with Gasteiger partial charge in [0.25, 0.3) is 0 Å². The summed E-state index contributed by atoms with van der Waals surface area (Å²) < 4.78 is 0. The standard InChI is InChI=1S/C13H23NO/c1-8(7-15)14-13-6-9-5-12(13)11-4-2-3-10(9)11/h8-15H,2-7H2,1H3/t8-,9-,10-,11+,12+,13-/m1/s1. The van der Waals surface area contributed by atoms with Crippen LogP contribution in [0.2, 0.25) is 0 Å². The van der Waals surface area contributed by atoms with E-state index in [1.54, 1.807) is 0 Å². The summed E-state index contributed by atoms with van der Waals surface area (Å²) in [5, 5.41) is 12.7. The minimum Gasteiger partial charge on any atom is -0.395 e. The second-order valence-electron chi connectivity index (χ2n) is 6.01. The molecule has 0 aromatic rings. The second kappa shape index (κ2) is 3.74. The third kappa shape index (κ3) is 1.53. The van der Waals surface area contributed by atoms with Crippen molar-refractivity contribution in [3.05, 3.63) is 0 Å². The molecule has 2 N–H and O–H groups in total. The van der Waals surface area contributed by atoms with Gasteiger partial charge >= 0.3 is 0 Å². The predicted octanol–water partition coefficient (Wildman–Crippen LogP) is 1.78. The van der Waals surface area contributed by atoms with Gasteiger partial charge in [0.2, 0.25) is 0 Å². The molecule has 0 heterocycles. The van der Waals surface area contributed by atoms with Crippen LogP contribution in [0.3, 0.4) is 0 Å². The maximum atomic E-state index is 9.09. The van der Waals surface area contributed by atoms with Crippen LogP contribution >= 0.6 is 0 Å². The first kappa shape index (κ1) is 10.1. The fourth-order valence-electron chi connectivity index (χ4n) is 4.68. The van der Waals surface area contributed by atoms with Crippen molar-refractivity contribution >= 4 is 0 Å². The number of aliphatic hydroxyl groups is 1. The van der Waals surface area contributed by atoms with Crippen LogP contribution in [0.5, 0.6) is 0 Å². The Morgan fingerprint density at radius 3 is 2.80 bits per heavy atom. The fraction of sp³-hybridized carbons (Fsp3) is 1.00. The van der Waals surface area contributed by atoms with Crippen LogP contribution in [0, 0.1) is 23.7 Å². The van der Waals surface area contributed by atoms with Gasteiger partial charge in [0.05, 0.1) is 6.61 Å². The largest absolute Gasteiger partial charge is 0.395 e. The molecule has 0 saturated heterocycles. The number of nitrogens with one attached hydrogen (secondary N) is 1. The number of aliphatic hydroxyl groups excluding tert-OH is 1. The maximum absolute atomic E-state index is 9.09. The molecule has 15 heavy (non-hydrogen) atoms. The zero-order valence-electron chi connectivity index (χ0n) is 9.65. The highest BCUT2D eigenvalue weighted by Gasteiger charge is 2.53. The minimum absolute atomic E-state index is 0.280. The van der Waals surface area contributed by atoms with Crippen molar-refractivity contribution in [1.29, 1.82) is 0 Å². The molecular formula is C13H23NO. The molecule has 0 radical (unpaired) electrons. The number of hydrogen-bond donors (Lipinski definition) is 2. The quantitative estimate of drug-likeness (QED) is 0.742. The first-order chi connectivity index (χ1) is 7.29. The van der Waals surface area contributed by atoms with Crippen LogP contribution in [0.1, 0.15) is 39.0 Å². The van der Waals surface area contributed by atoms with Gasteiger partial charge in [-0.05, 0) is 56.3 Å². The Hall–Kier alpha value is -0.0800. The zero-order chi connectivity index (χ0) is 10.4. The van der Waals surface area contributed by atoms with Crippen LogP contribution in [-0.2, 0) is 0 Å². The molecule has 0 amide bonds. The van der Waals surface area contributed by atoms with E-state index in [9.17, 15) is 0 Å². The minimum atomic E-state index is 0.280. The lowest BCUT2D eigenvalue weighted by molar-refractivity contribution is 0.176. The molecule has 3 rings (SSSR count). The Bertz CT molecular complexity index is 243. The van der Waals surface area contributed by atoms with E-state index < -0.39 is 0 Å². The summed E-state index contributed by atoms with van der Waals surface area (Å²) in [6.45, 7) is 2.38. The smallest absolute Gasteiger partial charge is 0.0582 e. The van der Waals surface area contributed by atoms with E-state index in [2.05, 4.69) is 12.2 Å². The van der Waals surface area contributed by atoms with Gasteiger partial charge < -0.3 is 10.4 Å². The van der Waals surface area contributed by atoms with Crippen molar-refractivity contribution in [3.8, 4) is 0 Å². The van der Waals surface area contributed by atoms with E-state index in [0.29, 0.717) is 0 Å². The van der Waals surface area contributed by atoms with Gasteiger partial charge in [0, 0.05) is 12.1 Å². The molecule has 3 saturated carbocycles. The Morgan fingerprint density at radius 1 is 1.20 bits per heavy atom. The summed E-state index contributed by atoms with van der Waals surface area (Å²) in [5.74, 6) is 4.08. The lowest BCUT2D eigenvalue weighted by atomic mass is 9.79. The van der Waals surface area contributed by atoms with E-state index >= 15 is 0 Å². The molecule has 3 aliphatic carbocycles. The molecule has 86 valence electrons. The summed E-state index contributed by atoms with van der Waals surface area (Å²) in [4.78, 5) is 0. The van der Waals surface area contributed by atoms with E-state index in [0.717, 1.165) is 29.7 Å². The number of hydrogen-bond acceptors (Lipinski definition) is 2.